The van der Waals surface area contributed by atoms with E-state index < -0.39 is 0 Å². The number of hydrogen-bond donors (Lipinski definition) is 3. The monoisotopic (exact) mass is 238 g/mol. The number of ether oxygens (including phenoxy) is 1. The number of hydrogen-bond acceptors (Lipinski definition) is 5. The van der Waals surface area contributed by atoms with Crippen molar-refractivity contribution in [1.29, 1.82) is 0 Å². The summed E-state index contributed by atoms with van der Waals surface area (Å²) in [5.41, 5.74) is 6.99. The summed E-state index contributed by atoms with van der Waals surface area (Å²) >= 11 is 0. The SMILES string of the molecule is COCCNC(=O)CCNc1cncc(N)c1. The number of aromatic nitrogens is 1. The summed E-state index contributed by atoms with van der Waals surface area (Å²) in [6, 6.07) is 1.77. The molecular formula is C11H18N4O2. The van der Waals surface area contributed by atoms with Crippen molar-refractivity contribution in [3.63, 3.8) is 0 Å². The Hall–Kier alpha value is -1.82. The summed E-state index contributed by atoms with van der Waals surface area (Å²) in [6.07, 6.45) is 3.64. The van der Waals surface area contributed by atoms with Crippen LogP contribution in [-0.4, -0.2) is 37.7 Å². The maximum absolute atomic E-state index is 11.3. The van der Waals surface area contributed by atoms with Crippen LogP contribution in [0.1, 0.15) is 6.42 Å². The molecule has 0 aliphatic carbocycles. The summed E-state index contributed by atoms with van der Waals surface area (Å²) < 4.78 is 4.83. The van der Waals surface area contributed by atoms with Crippen molar-refractivity contribution >= 4 is 17.3 Å². The maximum atomic E-state index is 11.3. The van der Waals surface area contributed by atoms with Crippen LogP contribution in [-0.2, 0) is 9.53 Å². The second-order valence-corrected chi connectivity index (χ2v) is 3.53. The van der Waals surface area contributed by atoms with Crippen LogP contribution in [0.25, 0.3) is 0 Å². The van der Waals surface area contributed by atoms with Crippen LogP contribution in [0, 0.1) is 0 Å². The lowest BCUT2D eigenvalue weighted by Crippen LogP contribution is -2.28. The van der Waals surface area contributed by atoms with Gasteiger partial charge in [0.15, 0.2) is 0 Å². The molecule has 1 aromatic rings. The molecule has 0 bridgehead atoms. The van der Waals surface area contributed by atoms with Gasteiger partial charge in [0.05, 0.1) is 24.2 Å². The minimum absolute atomic E-state index is 0.00795. The van der Waals surface area contributed by atoms with Gasteiger partial charge in [-0.15, -0.1) is 0 Å². The summed E-state index contributed by atoms with van der Waals surface area (Å²) in [5.74, 6) is -0.00795. The highest BCUT2D eigenvalue weighted by molar-refractivity contribution is 5.76. The van der Waals surface area contributed by atoms with Crippen molar-refractivity contribution < 1.29 is 9.53 Å². The molecule has 0 fully saturated rings. The molecule has 1 heterocycles. The molecule has 94 valence electrons. The highest BCUT2D eigenvalue weighted by atomic mass is 16.5. The highest BCUT2D eigenvalue weighted by Crippen LogP contribution is 2.08. The minimum Gasteiger partial charge on any atom is -0.397 e. The first-order chi connectivity index (χ1) is 8.22. The Morgan fingerprint density at radius 2 is 2.29 bits per heavy atom. The maximum Gasteiger partial charge on any atom is 0.221 e. The van der Waals surface area contributed by atoms with E-state index in [-0.39, 0.29) is 5.91 Å². The third-order valence-corrected chi connectivity index (χ3v) is 2.07. The van der Waals surface area contributed by atoms with Gasteiger partial charge in [0.1, 0.15) is 0 Å². The standard InChI is InChI=1S/C11H18N4O2/c1-17-5-4-15-11(16)2-3-14-10-6-9(12)7-13-8-10/h6-8,14H,2-5,12H2,1H3,(H,15,16). The molecule has 4 N–H and O–H groups in total. The molecule has 1 aromatic heterocycles. The summed E-state index contributed by atoms with van der Waals surface area (Å²) in [5, 5.41) is 5.81. The van der Waals surface area contributed by atoms with Crippen LogP contribution in [0.4, 0.5) is 11.4 Å². The van der Waals surface area contributed by atoms with Crippen molar-refractivity contribution in [3.05, 3.63) is 18.5 Å². The molecule has 0 spiro atoms. The first-order valence-electron chi connectivity index (χ1n) is 5.42. The van der Waals surface area contributed by atoms with Crippen LogP contribution in [0.15, 0.2) is 18.5 Å². The van der Waals surface area contributed by atoms with E-state index in [0.29, 0.717) is 31.8 Å². The molecule has 6 heteroatoms. The topological polar surface area (TPSA) is 89.3 Å². The van der Waals surface area contributed by atoms with Gasteiger partial charge in [-0.1, -0.05) is 0 Å². The van der Waals surface area contributed by atoms with Gasteiger partial charge in [-0.05, 0) is 6.07 Å². The van der Waals surface area contributed by atoms with E-state index in [0.717, 1.165) is 5.69 Å². The third kappa shape index (κ3) is 5.72. The molecule has 17 heavy (non-hydrogen) atoms. The van der Waals surface area contributed by atoms with Crippen molar-refractivity contribution in [2.45, 2.75) is 6.42 Å². The second-order valence-electron chi connectivity index (χ2n) is 3.53. The zero-order chi connectivity index (χ0) is 12.5. The zero-order valence-electron chi connectivity index (χ0n) is 9.90. The number of nitrogen functional groups attached to an aromatic ring is 1. The number of amides is 1. The van der Waals surface area contributed by atoms with E-state index in [9.17, 15) is 4.79 Å². The van der Waals surface area contributed by atoms with E-state index in [4.69, 9.17) is 10.5 Å². The fourth-order valence-corrected chi connectivity index (χ4v) is 1.26. The van der Waals surface area contributed by atoms with Crippen LogP contribution < -0.4 is 16.4 Å². The Morgan fingerprint density at radius 3 is 3.00 bits per heavy atom. The Morgan fingerprint density at radius 1 is 1.47 bits per heavy atom. The average molecular weight is 238 g/mol. The largest absolute Gasteiger partial charge is 0.397 e. The van der Waals surface area contributed by atoms with Gasteiger partial charge in [-0.25, -0.2) is 0 Å². The first-order valence-corrected chi connectivity index (χ1v) is 5.42. The number of carbonyl (C=O) groups excluding carboxylic acids is 1. The zero-order valence-corrected chi connectivity index (χ0v) is 9.90. The highest BCUT2D eigenvalue weighted by Gasteiger charge is 2.00. The van der Waals surface area contributed by atoms with E-state index in [1.807, 2.05) is 0 Å². The summed E-state index contributed by atoms with van der Waals surface area (Å²) in [4.78, 5) is 15.3. The van der Waals surface area contributed by atoms with E-state index in [2.05, 4.69) is 15.6 Å². The number of anilines is 2. The molecule has 0 aliphatic heterocycles. The van der Waals surface area contributed by atoms with Crippen LogP contribution in [0.5, 0.6) is 0 Å². The van der Waals surface area contributed by atoms with Gasteiger partial charge >= 0.3 is 0 Å². The second kappa shape index (κ2) is 7.45. The molecule has 0 saturated carbocycles. The number of carbonyl (C=O) groups is 1. The van der Waals surface area contributed by atoms with Crippen LogP contribution >= 0.6 is 0 Å². The molecule has 0 radical (unpaired) electrons. The van der Waals surface area contributed by atoms with Gasteiger partial charge in [0, 0.05) is 32.8 Å². The predicted octanol–water partition coefficient (Wildman–Crippen LogP) is 0.228. The molecule has 1 rings (SSSR count). The smallest absolute Gasteiger partial charge is 0.221 e. The normalized spacial score (nSPS) is 9.94. The van der Waals surface area contributed by atoms with Crippen molar-refractivity contribution in [2.24, 2.45) is 0 Å². The van der Waals surface area contributed by atoms with Gasteiger partial charge in [0.25, 0.3) is 0 Å². The van der Waals surface area contributed by atoms with E-state index >= 15 is 0 Å². The number of nitrogens with two attached hydrogens (primary N) is 1. The number of methoxy groups -OCH3 is 1. The predicted molar refractivity (Wildman–Crippen MR) is 66.6 cm³/mol. The first kappa shape index (κ1) is 13.2. The molecule has 6 nitrogen and oxygen atoms in total. The van der Waals surface area contributed by atoms with Gasteiger partial charge < -0.3 is 21.1 Å². The fourth-order valence-electron chi connectivity index (χ4n) is 1.26. The number of rotatable bonds is 7. The third-order valence-electron chi connectivity index (χ3n) is 2.07. The van der Waals surface area contributed by atoms with Crippen molar-refractivity contribution in [1.82, 2.24) is 10.3 Å². The Bertz CT molecular complexity index is 357. The summed E-state index contributed by atoms with van der Waals surface area (Å²) in [6.45, 7) is 1.61. The van der Waals surface area contributed by atoms with Crippen LogP contribution in [0.2, 0.25) is 0 Å². The Labute approximate surface area is 101 Å². The van der Waals surface area contributed by atoms with Crippen molar-refractivity contribution in [2.75, 3.05) is 37.9 Å². The Kier molecular flexibility index (Phi) is 5.81. The summed E-state index contributed by atoms with van der Waals surface area (Å²) in [7, 11) is 1.60. The van der Waals surface area contributed by atoms with Crippen LogP contribution in [0.3, 0.4) is 0 Å². The van der Waals surface area contributed by atoms with Gasteiger partial charge in [0.2, 0.25) is 5.91 Å². The minimum atomic E-state index is -0.00795. The fraction of sp³-hybridized carbons (Fsp3) is 0.455. The van der Waals surface area contributed by atoms with Crippen molar-refractivity contribution in [3.8, 4) is 0 Å². The quantitative estimate of drug-likeness (QED) is 0.592. The molecule has 0 saturated heterocycles. The van der Waals surface area contributed by atoms with Gasteiger partial charge in [-0.3, -0.25) is 9.78 Å². The molecule has 1 amide bonds. The number of nitrogens with one attached hydrogen (secondary N) is 2. The molecule has 0 aromatic carbocycles. The van der Waals surface area contributed by atoms with Gasteiger partial charge in [-0.2, -0.15) is 0 Å². The lowest BCUT2D eigenvalue weighted by Gasteiger charge is -2.07. The molecule has 0 atom stereocenters. The number of pyridine rings is 1. The van der Waals surface area contributed by atoms with E-state index in [1.165, 1.54) is 0 Å². The lowest BCUT2D eigenvalue weighted by atomic mass is 10.3. The molecular weight excluding hydrogens is 220 g/mol. The lowest BCUT2D eigenvalue weighted by molar-refractivity contribution is -0.121. The molecule has 0 unspecified atom stereocenters. The molecule has 0 aliphatic rings. The number of nitrogens with zero attached hydrogens (tertiary/aromatic N) is 1. The Balaban J connectivity index is 2.17. The van der Waals surface area contributed by atoms with E-state index in [1.54, 1.807) is 25.6 Å². The average Bonchev–Trinajstić information content (AvgIpc) is 2.29.